The Morgan fingerprint density at radius 3 is 2.52 bits per heavy atom. The maximum Gasteiger partial charge on any atom is 0.224 e. The van der Waals surface area contributed by atoms with E-state index in [0.717, 1.165) is 25.1 Å². The fourth-order valence-corrected chi connectivity index (χ4v) is 2.55. The van der Waals surface area contributed by atoms with Gasteiger partial charge in [-0.3, -0.25) is 0 Å². The molecule has 3 aromatic rings. The maximum atomic E-state index is 13.8. The molecule has 0 aliphatic carbocycles. The lowest BCUT2D eigenvalue weighted by atomic mass is 10.1. The molecule has 0 unspecified atom stereocenters. The third-order valence-electron chi connectivity index (χ3n) is 3.76. The van der Waals surface area contributed by atoms with E-state index in [1.54, 1.807) is 24.3 Å². The van der Waals surface area contributed by atoms with Crippen molar-refractivity contribution in [3.8, 4) is 0 Å². The largest absolute Gasteiger partial charge is 0.354 e. The molecule has 1 heterocycles. The van der Waals surface area contributed by atoms with Crippen molar-refractivity contribution in [2.75, 3.05) is 17.2 Å². The van der Waals surface area contributed by atoms with E-state index >= 15 is 0 Å². The van der Waals surface area contributed by atoms with Crippen molar-refractivity contribution in [1.29, 1.82) is 0 Å². The summed E-state index contributed by atoms with van der Waals surface area (Å²) in [4.78, 5) is 8.80. The van der Waals surface area contributed by atoms with Gasteiger partial charge in [-0.1, -0.05) is 42.5 Å². The summed E-state index contributed by atoms with van der Waals surface area (Å²) in [6.45, 7) is 2.67. The molecule has 0 saturated heterocycles. The van der Waals surface area contributed by atoms with Gasteiger partial charge in [0.25, 0.3) is 0 Å². The second-order valence-electron chi connectivity index (χ2n) is 5.84. The van der Waals surface area contributed by atoms with Gasteiger partial charge in [0.15, 0.2) is 0 Å². The Hall–Kier alpha value is -2.95. The molecule has 3 rings (SSSR count). The molecule has 0 bridgehead atoms. The van der Waals surface area contributed by atoms with Crippen LogP contribution in [0, 0.1) is 12.7 Å². The van der Waals surface area contributed by atoms with Gasteiger partial charge in [-0.2, -0.15) is 4.98 Å². The van der Waals surface area contributed by atoms with Crippen LogP contribution in [0.1, 0.15) is 17.7 Å². The molecule has 128 valence electrons. The molecule has 25 heavy (non-hydrogen) atoms. The molecule has 2 N–H and O–H groups in total. The monoisotopic (exact) mass is 336 g/mol. The zero-order valence-corrected chi connectivity index (χ0v) is 14.2. The standard InChI is InChI=1S/C20H21FN4/c1-15-14-19(24-18-12-6-5-11-17(18)21)25-20(23-15)22-13-7-10-16-8-3-2-4-9-16/h2-6,8-9,11-12,14H,7,10,13H2,1H3,(H2,22,23,24,25). The normalized spacial score (nSPS) is 10.5. The minimum absolute atomic E-state index is 0.309. The molecule has 0 aliphatic rings. The number of nitrogens with one attached hydrogen (secondary N) is 2. The lowest BCUT2D eigenvalue weighted by Crippen LogP contribution is -2.08. The van der Waals surface area contributed by atoms with Crippen molar-refractivity contribution in [1.82, 2.24) is 9.97 Å². The number of aromatic nitrogens is 2. The number of para-hydroxylation sites is 1. The summed E-state index contributed by atoms with van der Waals surface area (Å²) in [5.41, 5.74) is 2.53. The summed E-state index contributed by atoms with van der Waals surface area (Å²) < 4.78 is 13.8. The Kier molecular flexibility index (Phi) is 5.57. The Morgan fingerprint density at radius 1 is 0.960 bits per heavy atom. The molecule has 0 fully saturated rings. The first-order valence-electron chi connectivity index (χ1n) is 8.36. The lowest BCUT2D eigenvalue weighted by molar-refractivity contribution is 0.632. The molecular weight excluding hydrogens is 315 g/mol. The van der Waals surface area contributed by atoms with E-state index in [9.17, 15) is 4.39 Å². The molecule has 0 aliphatic heterocycles. The summed E-state index contributed by atoms with van der Waals surface area (Å²) in [5, 5.41) is 6.24. The highest BCUT2D eigenvalue weighted by atomic mass is 19.1. The van der Waals surface area contributed by atoms with E-state index in [4.69, 9.17) is 0 Å². The van der Waals surface area contributed by atoms with E-state index in [2.05, 4.69) is 32.7 Å². The van der Waals surface area contributed by atoms with Crippen molar-refractivity contribution >= 4 is 17.5 Å². The SMILES string of the molecule is Cc1cc(Nc2ccccc2F)nc(NCCCc2ccccc2)n1. The van der Waals surface area contributed by atoms with Crippen LogP contribution in [0.2, 0.25) is 0 Å². The highest BCUT2D eigenvalue weighted by Gasteiger charge is 2.05. The molecular formula is C20H21FN4. The molecule has 0 spiro atoms. The van der Waals surface area contributed by atoms with Gasteiger partial charge >= 0.3 is 0 Å². The fraction of sp³-hybridized carbons (Fsp3) is 0.200. The van der Waals surface area contributed by atoms with Crippen molar-refractivity contribution in [2.45, 2.75) is 19.8 Å². The van der Waals surface area contributed by atoms with Crippen LogP contribution in [0.25, 0.3) is 0 Å². The number of anilines is 3. The van der Waals surface area contributed by atoms with Gasteiger partial charge in [0.05, 0.1) is 5.69 Å². The molecule has 1 aromatic heterocycles. The molecule has 4 nitrogen and oxygen atoms in total. The first-order chi connectivity index (χ1) is 12.2. The summed E-state index contributed by atoms with van der Waals surface area (Å²) in [5.74, 6) is 0.811. The second kappa shape index (κ2) is 8.24. The van der Waals surface area contributed by atoms with Crippen LogP contribution < -0.4 is 10.6 Å². The lowest BCUT2D eigenvalue weighted by Gasteiger charge is -2.10. The van der Waals surface area contributed by atoms with E-state index in [1.807, 2.05) is 25.1 Å². The smallest absolute Gasteiger partial charge is 0.224 e. The summed E-state index contributed by atoms with van der Waals surface area (Å²) in [7, 11) is 0. The number of aryl methyl sites for hydroxylation is 2. The summed E-state index contributed by atoms with van der Waals surface area (Å²) in [6, 6.07) is 18.7. The van der Waals surface area contributed by atoms with Crippen molar-refractivity contribution in [3.63, 3.8) is 0 Å². The summed E-state index contributed by atoms with van der Waals surface area (Å²) >= 11 is 0. The van der Waals surface area contributed by atoms with Gasteiger partial charge < -0.3 is 10.6 Å². The van der Waals surface area contributed by atoms with Gasteiger partial charge in [-0.05, 0) is 37.5 Å². The van der Waals surface area contributed by atoms with Gasteiger partial charge in [-0.15, -0.1) is 0 Å². The Balaban J connectivity index is 1.59. The molecule has 0 atom stereocenters. The highest BCUT2D eigenvalue weighted by Crippen LogP contribution is 2.19. The molecule has 0 amide bonds. The quantitative estimate of drug-likeness (QED) is 0.613. The number of benzene rings is 2. The molecule has 0 saturated carbocycles. The van der Waals surface area contributed by atoms with Gasteiger partial charge in [0.2, 0.25) is 5.95 Å². The van der Waals surface area contributed by atoms with Crippen LogP contribution in [0.3, 0.4) is 0 Å². The van der Waals surface area contributed by atoms with E-state index in [0.29, 0.717) is 17.5 Å². The van der Waals surface area contributed by atoms with Crippen molar-refractivity contribution in [2.24, 2.45) is 0 Å². The topological polar surface area (TPSA) is 49.8 Å². The summed E-state index contributed by atoms with van der Waals surface area (Å²) in [6.07, 6.45) is 1.98. The van der Waals surface area contributed by atoms with Crippen LogP contribution in [-0.2, 0) is 6.42 Å². The van der Waals surface area contributed by atoms with Gasteiger partial charge in [0.1, 0.15) is 11.6 Å². The fourth-order valence-electron chi connectivity index (χ4n) is 2.55. The first-order valence-corrected chi connectivity index (χ1v) is 8.36. The second-order valence-corrected chi connectivity index (χ2v) is 5.84. The van der Waals surface area contributed by atoms with Crippen LogP contribution in [-0.4, -0.2) is 16.5 Å². The maximum absolute atomic E-state index is 13.8. The minimum atomic E-state index is -0.309. The zero-order valence-electron chi connectivity index (χ0n) is 14.2. The van der Waals surface area contributed by atoms with Crippen LogP contribution in [0.4, 0.5) is 21.8 Å². The number of hydrogen-bond donors (Lipinski definition) is 2. The van der Waals surface area contributed by atoms with E-state index < -0.39 is 0 Å². The van der Waals surface area contributed by atoms with Crippen LogP contribution in [0.15, 0.2) is 60.7 Å². The van der Waals surface area contributed by atoms with Crippen molar-refractivity contribution in [3.05, 3.63) is 77.7 Å². The minimum Gasteiger partial charge on any atom is -0.354 e. The number of nitrogens with zero attached hydrogens (tertiary/aromatic N) is 2. The van der Waals surface area contributed by atoms with Crippen LogP contribution in [0.5, 0.6) is 0 Å². The van der Waals surface area contributed by atoms with Crippen molar-refractivity contribution < 1.29 is 4.39 Å². The Morgan fingerprint density at radius 2 is 1.72 bits per heavy atom. The van der Waals surface area contributed by atoms with E-state index in [-0.39, 0.29) is 5.82 Å². The first kappa shape index (κ1) is 16.9. The average molecular weight is 336 g/mol. The highest BCUT2D eigenvalue weighted by molar-refractivity contribution is 5.58. The third kappa shape index (κ3) is 5.01. The van der Waals surface area contributed by atoms with E-state index in [1.165, 1.54) is 11.6 Å². The predicted octanol–water partition coefficient (Wildman–Crippen LogP) is 4.71. The molecule has 0 radical (unpaired) electrons. The third-order valence-corrected chi connectivity index (χ3v) is 3.76. The van der Waals surface area contributed by atoms with Gasteiger partial charge in [-0.25, -0.2) is 9.37 Å². The molecule has 2 aromatic carbocycles. The van der Waals surface area contributed by atoms with Gasteiger partial charge in [0, 0.05) is 18.3 Å². The number of hydrogen-bond acceptors (Lipinski definition) is 4. The van der Waals surface area contributed by atoms with Crippen LogP contribution >= 0.6 is 0 Å². The average Bonchev–Trinajstić information content (AvgIpc) is 2.61. The zero-order chi connectivity index (χ0) is 17.5. The molecule has 5 heteroatoms. The number of halogens is 1. The Labute approximate surface area is 147 Å². The predicted molar refractivity (Wildman–Crippen MR) is 99.7 cm³/mol. The Bertz CT molecular complexity index is 821. The number of rotatable bonds is 7.